The zero-order valence-corrected chi connectivity index (χ0v) is 11.4. The first-order valence-corrected chi connectivity index (χ1v) is 6.69. The van der Waals surface area contributed by atoms with E-state index in [2.05, 4.69) is 6.92 Å². The number of thioether (sulfide) groups is 1. The summed E-state index contributed by atoms with van der Waals surface area (Å²) in [5, 5.41) is 8.54. The second-order valence-electron chi connectivity index (χ2n) is 3.90. The summed E-state index contributed by atoms with van der Waals surface area (Å²) >= 11 is 1.76. The van der Waals surface area contributed by atoms with Crippen molar-refractivity contribution in [1.82, 2.24) is 4.90 Å². The Morgan fingerprint density at radius 2 is 1.89 bits per heavy atom. The molecule has 0 radical (unpaired) electrons. The molecule has 0 aliphatic heterocycles. The molecule has 0 saturated carbocycles. The monoisotopic (exact) mass is 267 g/mol. The lowest BCUT2D eigenvalue weighted by molar-refractivity contribution is -0.143. The van der Waals surface area contributed by atoms with Gasteiger partial charge < -0.3 is 10.0 Å². The summed E-state index contributed by atoms with van der Waals surface area (Å²) < 4.78 is 0. The summed E-state index contributed by atoms with van der Waals surface area (Å²) in [5.41, 5.74) is 0.997. The van der Waals surface area contributed by atoms with Gasteiger partial charge >= 0.3 is 5.97 Å². The fraction of sp³-hybridized carbons (Fsp3) is 0.385. The van der Waals surface area contributed by atoms with Crippen LogP contribution in [0, 0.1) is 0 Å². The number of benzene rings is 1. The number of carboxylic acid groups (broad SMARTS) is 1. The fourth-order valence-electron chi connectivity index (χ4n) is 1.48. The molecular formula is C13H17NO3S. The Morgan fingerprint density at radius 3 is 2.39 bits per heavy atom. The van der Waals surface area contributed by atoms with Gasteiger partial charge in [-0.05, 0) is 23.4 Å². The second-order valence-corrected chi connectivity index (χ2v) is 5.23. The Balaban J connectivity index is 2.56. The Kier molecular flexibility index (Phi) is 5.71. The van der Waals surface area contributed by atoms with E-state index in [9.17, 15) is 9.59 Å². The van der Waals surface area contributed by atoms with Gasteiger partial charge in [0.05, 0.1) is 0 Å². The average molecular weight is 267 g/mol. The first-order valence-electron chi connectivity index (χ1n) is 5.70. The number of hydrogen-bond donors (Lipinski definition) is 1. The summed E-state index contributed by atoms with van der Waals surface area (Å²) in [4.78, 5) is 24.5. The number of rotatable bonds is 6. The van der Waals surface area contributed by atoms with Crippen molar-refractivity contribution < 1.29 is 14.7 Å². The van der Waals surface area contributed by atoms with Crippen molar-refractivity contribution in [3.63, 3.8) is 0 Å². The molecule has 0 aromatic heterocycles. The molecule has 1 amide bonds. The third kappa shape index (κ3) is 4.79. The lowest BCUT2D eigenvalue weighted by Crippen LogP contribution is -2.27. The Labute approximate surface area is 111 Å². The lowest BCUT2D eigenvalue weighted by atomic mass is 10.2. The van der Waals surface area contributed by atoms with Crippen LogP contribution in [-0.2, 0) is 16.1 Å². The van der Waals surface area contributed by atoms with Crippen LogP contribution in [0.5, 0.6) is 0 Å². The standard InChI is InChI=1S/C13H17NO3S/c1-3-18-11-6-4-10(5-7-11)9-14(2)12(15)8-13(16)17/h4-7H,3,8-9H2,1-2H3,(H,16,17). The van der Waals surface area contributed by atoms with E-state index in [-0.39, 0.29) is 5.91 Å². The maximum atomic E-state index is 11.5. The number of nitrogens with zero attached hydrogens (tertiary/aromatic N) is 1. The number of carbonyl (C=O) groups is 2. The molecule has 1 N–H and O–H groups in total. The van der Waals surface area contributed by atoms with Crippen LogP contribution in [0.3, 0.4) is 0 Å². The molecule has 0 aliphatic carbocycles. The molecule has 0 fully saturated rings. The molecule has 5 heteroatoms. The van der Waals surface area contributed by atoms with E-state index in [1.54, 1.807) is 18.8 Å². The average Bonchev–Trinajstić information content (AvgIpc) is 2.31. The fourth-order valence-corrected chi connectivity index (χ4v) is 2.15. The van der Waals surface area contributed by atoms with Gasteiger partial charge in [0, 0.05) is 18.5 Å². The van der Waals surface area contributed by atoms with E-state index < -0.39 is 12.4 Å². The minimum atomic E-state index is -1.10. The van der Waals surface area contributed by atoms with E-state index in [1.807, 2.05) is 24.3 Å². The molecule has 0 bridgehead atoms. The smallest absolute Gasteiger partial charge is 0.312 e. The van der Waals surface area contributed by atoms with E-state index >= 15 is 0 Å². The third-order valence-electron chi connectivity index (χ3n) is 2.38. The van der Waals surface area contributed by atoms with Crippen molar-refractivity contribution in [3.8, 4) is 0 Å². The van der Waals surface area contributed by atoms with E-state index in [4.69, 9.17) is 5.11 Å². The minimum absolute atomic E-state index is 0.380. The van der Waals surface area contributed by atoms with Gasteiger partial charge in [0.2, 0.25) is 5.91 Å². The molecule has 1 rings (SSSR count). The largest absolute Gasteiger partial charge is 0.481 e. The van der Waals surface area contributed by atoms with Crippen molar-refractivity contribution in [1.29, 1.82) is 0 Å². The van der Waals surface area contributed by atoms with Crippen molar-refractivity contribution in [2.75, 3.05) is 12.8 Å². The van der Waals surface area contributed by atoms with Crippen LogP contribution in [0.25, 0.3) is 0 Å². The highest BCUT2D eigenvalue weighted by Crippen LogP contribution is 2.18. The minimum Gasteiger partial charge on any atom is -0.481 e. The van der Waals surface area contributed by atoms with Gasteiger partial charge in [0.25, 0.3) is 0 Å². The number of carbonyl (C=O) groups excluding carboxylic acids is 1. The molecule has 0 atom stereocenters. The van der Waals surface area contributed by atoms with Crippen molar-refractivity contribution >= 4 is 23.6 Å². The van der Waals surface area contributed by atoms with E-state index in [1.165, 1.54) is 9.80 Å². The van der Waals surface area contributed by atoms with Gasteiger partial charge in [-0.1, -0.05) is 19.1 Å². The summed E-state index contributed by atoms with van der Waals surface area (Å²) in [6, 6.07) is 7.95. The lowest BCUT2D eigenvalue weighted by Gasteiger charge is -2.16. The highest BCUT2D eigenvalue weighted by atomic mass is 32.2. The summed E-state index contributed by atoms with van der Waals surface area (Å²) in [7, 11) is 1.61. The first-order chi connectivity index (χ1) is 8.52. The van der Waals surface area contributed by atoms with Crippen LogP contribution in [0.4, 0.5) is 0 Å². The van der Waals surface area contributed by atoms with Gasteiger partial charge in [0.15, 0.2) is 0 Å². The highest BCUT2D eigenvalue weighted by molar-refractivity contribution is 7.99. The van der Waals surface area contributed by atoms with Crippen molar-refractivity contribution in [2.45, 2.75) is 24.8 Å². The summed E-state index contributed by atoms with van der Waals surface area (Å²) in [6.45, 7) is 2.53. The van der Waals surface area contributed by atoms with Crippen LogP contribution >= 0.6 is 11.8 Å². The molecule has 0 saturated heterocycles. The molecule has 98 valence electrons. The van der Waals surface area contributed by atoms with Gasteiger partial charge in [0.1, 0.15) is 6.42 Å². The second kappa shape index (κ2) is 7.06. The normalized spacial score (nSPS) is 10.1. The van der Waals surface area contributed by atoms with Gasteiger partial charge in [-0.25, -0.2) is 0 Å². The predicted molar refractivity (Wildman–Crippen MR) is 71.6 cm³/mol. The Bertz CT molecular complexity index is 417. The maximum absolute atomic E-state index is 11.5. The SMILES string of the molecule is CCSc1ccc(CN(C)C(=O)CC(=O)O)cc1. The maximum Gasteiger partial charge on any atom is 0.312 e. The molecular weight excluding hydrogens is 250 g/mol. The van der Waals surface area contributed by atoms with Crippen LogP contribution in [0.15, 0.2) is 29.2 Å². The van der Waals surface area contributed by atoms with E-state index in [0.29, 0.717) is 6.54 Å². The molecule has 18 heavy (non-hydrogen) atoms. The zero-order valence-electron chi connectivity index (χ0n) is 10.5. The molecule has 1 aromatic carbocycles. The number of hydrogen-bond acceptors (Lipinski definition) is 3. The molecule has 1 aromatic rings. The van der Waals surface area contributed by atoms with Gasteiger partial charge in [-0.15, -0.1) is 11.8 Å². The van der Waals surface area contributed by atoms with Crippen molar-refractivity contribution in [2.24, 2.45) is 0 Å². The Morgan fingerprint density at radius 1 is 1.28 bits per heavy atom. The number of amides is 1. The molecule has 0 spiro atoms. The third-order valence-corrected chi connectivity index (χ3v) is 3.28. The number of aliphatic carboxylic acids is 1. The van der Waals surface area contributed by atoms with Crippen molar-refractivity contribution in [3.05, 3.63) is 29.8 Å². The summed E-state index contributed by atoms with van der Waals surface area (Å²) in [6.07, 6.45) is -0.458. The van der Waals surface area contributed by atoms with Gasteiger partial charge in [-0.3, -0.25) is 9.59 Å². The topological polar surface area (TPSA) is 57.6 Å². The zero-order chi connectivity index (χ0) is 13.5. The summed E-state index contributed by atoms with van der Waals surface area (Å²) in [5.74, 6) is -0.452. The van der Waals surface area contributed by atoms with Gasteiger partial charge in [-0.2, -0.15) is 0 Å². The molecule has 0 unspecified atom stereocenters. The van der Waals surface area contributed by atoms with Crippen LogP contribution < -0.4 is 0 Å². The Hall–Kier alpha value is -1.49. The quantitative estimate of drug-likeness (QED) is 0.634. The molecule has 4 nitrogen and oxygen atoms in total. The molecule has 0 aliphatic rings. The highest BCUT2D eigenvalue weighted by Gasteiger charge is 2.12. The number of carboxylic acids is 1. The van der Waals surface area contributed by atoms with E-state index in [0.717, 1.165) is 11.3 Å². The first kappa shape index (κ1) is 14.6. The van der Waals surface area contributed by atoms with Crippen LogP contribution in [-0.4, -0.2) is 34.7 Å². The molecule has 0 heterocycles. The van der Waals surface area contributed by atoms with Crippen LogP contribution in [0.2, 0.25) is 0 Å². The predicted octanol–water partition coefficient (Wildman–Crippen LogP) is 2.23. The van der Waals surface area contributed by atoms with Crippen LogP contribution in [0.1, 0.15) is 18.9 Å².